The van der Waals surface area contributed by atoms with Crippen molar-refractivity contribution in [2.75, 3.05) is 18.0 Å². The molecule has 1 fully saturated rings. The number of likely N-dealkylation sites (tertiary alicyclic amines) is 1. The van der Waals surface area contributed by atoms with Crippen molar-refractivity contribution in [1.29, 1.82) is 0 Å². The van der Waals surface area contributed by atoms with Crippen LogP contribution < -0.4 is 4.90 Å². The predicted molar refractivity (Wildman–Crippen MR) is 173 cm³/mol. The quantitative estimate of drug-likeness (QED) is 0.246. The number of aromatic nitrogens is 5. The zero-order valence-corrected chi connectivity index (χ0v) is 28.0. The fraction of sp³-hybridized carbons (Fsp3) is 0.457. The average Bonchev–Trinajstić information content (AvgIpc) is 3.71. The van der Waals surface area contributed by atoms with Gasteiger partial charge in [-0.15, -0.1) is 5.10 Å². The summed E-state index contributed by atoms with van der Waals surface area (Å²) in [6.45, 7) is 14.2. The smallest absolute Gasteiger partial charge is 0.414 e. The third-order valence-electron chi connectivity index (χ3n) is 9.19. The lowest BCUT2D eigenvalue weighted by Crippen LogP contribution is -2.54. The SMILES string of the molecule is Cc1nn(-c2ccc(F)cc2F)c(C)c1CC(=O)N1CC(n2cc(-c3cccc4c3N(C(=O)OC(C)(C)C)CC4)nn2)CCC1(C)C. The van der Waals surface area contributed by atoms with Gasteiger partial charge in [0.15, 0.2) is 5.82 Å². The van der Waals surface area contributed by atoms with Crippen LogP contribution in [0.3, 0.4) is 0 Å². The maximum absolute atomic E-state index is 14.6. The summed E-state index contributed by atoms with van der Waals surface area (Å²) >= 11 is 0. The second kappa shape index (κ2) is 11.9. The number of benzene rings is 2. The molecule has 2 aliphatic heterocycles. The molecule has 2 aromatic carbocycles. The number of carbonyl (C=O) groups is 2. The number of hydrogen-bond acceptors (Lipinski definition) is 6. The van der Waals surface area contributed by atoms with Gasteiger partial charge >= 0.3 is 6.09 Å². The van der Waals surface area contributed by atoms with E-state index in [1.54, 1.807) is 18.7 Å². The van der Waals surface area contributed by atoms with Gasteiger partial charge in [-0.05, 0) is 85.4 Å². The van der Waals surface area contributed by atoms with Gasteiger partial charge in [0.2, 0.25) is 5.91 Å². The first-order valence-corrected chi connectivity index (χ1v) is 16.0. The number of hydrogen-bond donors (Lipinski definition) is 0. The Morgan fingerprint density at radius 1 is 1.11 bits per heavy atom. The van der Waals surface area contributed by atoms with Gasteiger partial charge in [-0.2, -0.15) is 5.10 Å². The molecule has 1 atom stereocenters. The van der Waals surface area contributed by atoms with Crippen LogP contribution in [0, 0.1) is 25.5 Å². The minimum atomic E-state index is -0.723. The molecule has 0 aliphatic carbocycles. The molecular formula is C35H41F2N7O3. The van der Waals surface area contributed by atoms with Crippen LogP contribution in [0.4, 0.5) is 19.3 Å². The molecule has 2 amide bonds. The summed E-state index contributed by atoms with van der Waals surface area (Å²) in [5, 5.41) is 13.5. The number of fused-ring (bicyclic) bond motifs is 1. The summed E-state index contributed by atoms with van der Waals surface area (Å²) in [5.74, 6) is -1.46. The molecule has 0 bridgehead atoms. The highest BCUT2D eigenvalue weighted by molar-refractivity contribution is 5.96. The Kier molecular flexibility index (Phi) is 8.17. The second-order valence-electron chi connectivity index (χ2n) is 14.1. The minimum absolute atomic E-state index is 0.0701. The molecule has 0 spiro atoms. The lowest BCUT2D eigenvalue weighted by atomic mass is 9.87. The maximum atomic E-state index is 14.6. The Hall–Kier alpha value is -4.61. The molecule has 10 nitrogen and oxygen atoms in total. The van der Waals surface area contributed by atoms with Gasteiger partial charge < -0.3 is 9.64 Å². The topological polar surface area (TPSA) is 98.4 Å². The second-order valence-corrected chi connectivity index (χ2v) is 14.1. The normalized spacial score (nSPS) is 17.6. The summed E-state index contributed by atoms with van der Waals surface area (Å²) in [7, 11) is 0. The van der Waals surface area contributed by atoms with E-state index in [9.17, 15) is 18.4 Å². The standard InChI is InChI=1S/C35H41F2N7O3/c1-21-27(22(2)44(39-21)30-12-11-24(36)17-28(30)37)18-31(45)42-19-25(13-15-35(42,6)7)43-20-29(38-40-43)26-10-8-9-23-14-16-41(32(23)26)33(46)47-34(3,4)5/h8-12,17,20,25H,13-16,18-19H2,1-7H3. The van der Waals surface area contributed by atoms with Crippen molar-refractivity contribution in [3.8, 4) is 16.9 Å². The molecule has 4 aromatic rings. The molecule has 248 valence electrons. The maximum Gasteiger partial charge on any atom is 0.414 e. The van der Waals surface area contributed by atoms with Gasteiger partial charge in [-0.1, -0.05) is 23.4 Å². The van der Waals surface area contributed by atoms with E-state index in [0.717, 1.165) is 42.1 Å². The van der Waals surface area contributed by atoms with Gasteiger partial charge in [0, 0.05) is 41.5 Å². The Labute approximate surface area is 273 Å². The highest BCUT2D eigenvalue weighted by atomic mass is 19.1. The Morgan fingerprint density at radius 2 is 1.87 bits per heavy atom. The van der Waals surface area contributed by atoms with Crippen LogP contribution in [-0.4, -0.2) is 65.9 Å². The van der Waals surface area contributed by atoms with Crippen molar-refractivity contribution in [3.63, 3.8) is 0 Å². The lowest BCUT2D eigenvalue weighted by molar-refractivity contribution is -0.139. The van der Waals surface area contributed by atoms with E-state index in [4.69, 9.17) is 4.74 Å². The van der Waals surface area contributed by atoms with Gasteiger partial charge in [-0.25, -0.2) is 22.9 Å². The molecule has 4 heterocycles. The zero-order chi connectivity index (χ0) is 33.8. The third kappa shape index (κ3) is 6.25. The minimum Gasteiger partial charge on any atom is -0.443 e. The number of carbonyl (C=O) groups excluding carboxylic acids is 2. The number of nitrogens with zero attached hydrogens (tertiary/aromatic N) is 7. The summed E-state index contributed by atoms with van der Waals surface area (Å²) in [6, 6.07) is 9.18. The Morgan fingerprint density at radius 3 is 2.60 bits per heavy atom. The van der Waals surface area contributed by atoms with E-state index in [1.807, 2.05) is 54.7 Å². The fourth-order valence-electron chi connectivity index (χ4n) is 6.67. The fourth-order valence-corrected chi connectivity index (χ4v) is 6.67. The molecule has 0 saturated carbocycles. The van der Waals surface area contributed by atoms with Gasteiger partial charge in [0.05, 0.1) is 30.0 Å². The van der Waals surface area contributed by atoms with Crippen LogP contribution >= 0.6 is 0 Å². The number of amides is 2. The van der Waals surface area contributed by atoms with Crippen molar-refractivity contribution < 1.29 is 23.1 Å². The van der Waals surface area contributed by atoms with Crippen LogP contribution in [0.5, 0.6) is 0 Å². The first-order valence-electron chi connectivity index (χ1n) is 16.0. The number of piperidine rings is 1. The largest absolute Gasteiger partial charge is 0.443 e. The van der Waals surface area contributed by atoms with Crippen molar-refractivity contribution in [2.45, 2.75) is 91.3 Å². The van der Waals surface area contributed by atoms with Crippen molar-refractivity contribution in [3.05, 3.63) is 76.7 Å². The molecule has 1 unspecified atom stereocenters. The van der Waals surface area contributed by atoms with Crippen LogP contribution in [-0.2, 0) is 22.4 Å². The number of aryl methyl sites for hydroxylation is 1. The molecule has 6 rings (SSSR count). The first-order chi connectivity index (χ1) is 22.1. The summed E-state index contributed by atoms with van der Waals surface area (Å²) in [6.07, 6.45) is 3.87. The molecule has 0 radical (unpaired) electrons. The highest BCUT2D eigenvalue weighted by Gasteiger charge is 2.39. The number of rotatable bonds is 5. The van der Waals surface area contributed by atoms with Crippen LogP contribution in [0.15, 0.2) is 42.6 Å². The van der Waals surface area contributed by atoms with E-state index in [-0.39, 0.29) is 24.1 Å². The van der Waals surface area contributed by atoms with Gasteiger partial charge in [-0.3, -0.25) is 9.69 Å². The summed E-state index contributed by atoms with van der Waals surface area (Å²) in [5.41, 5.74) is 4.37. The van der Waals surface area contributed by atoms with Crippen molar-refractivity contribution in [2.24, 2.45) is 0 Å². The van der Waals surface area contributed by atoms with E-state index in [2.05, 4.69) is 29.3 Å². The average molecular weight is 646 g/mol. The lowest BCUT2D eigenvalue weighted by Gasteiger charge is -2.45. The first kappa shape index (κ1) is 32.3. The number of ether oxygens (including phenoxy) is 1. The summed E-state index contributed by atoms with van der Waals surface area (Å²) in [4.78, 5) is 30.6. The number of anilines is 1. The van der Waals surface area contributed by atoms with E-state index >= 15 is 0 Å². The highest BCUT2D eigenvalue weighted by Crippen LogP contribution is 2.39. The molecule has 2 aliphatic rings. The van der Waals surface area contributed by atoms with Crippen molar-refractivity contribution >= 4 is 17.7 Å². The monoisotopic (exact) mass is 645 g/mol. The predicted octanol–water partition coefficient (Wildman–Crippen LogP) is 6.51. The molecule has 2 aromatic heterocycles. The summed E-state index contributed by atoms with van der Waals surface area (Å²) < 4.78 is 37.1. The van der Waals surface area contributed by atoms with Gasteiger partial charge in [0.25, 0.3) is 0 Å². The Balaban J connectivity index is 1.22. The van der Waals surface area contributed by atoms with E-state index in [0.29, 0.717) is 35.7 Å². The van der Waals surface area contributed by atoms with E-state index < -0.39 is 28.9 Å². The Bertz CT molecular complexity index is 1860. The van der Waals surface area contributed by atoms with Crippen LogP contribution in [0.2, 0.25) is 0 Å². The van der Waals surface area contributed by atoms with E-state index in [1.165, 1.54) is 16.8 Å². The molecule has 47 heavy (non-hydrogen) atoms. The molecule has 0 N–H and O–H groups in total. The molecule has 12 heteroatoms. The molecule has 1 saturated heterocycles. The number of halogens is 2. The third-order valence-corrected chi connectivity index (χ3v) is 9.19. The van der Waals surface area contributed by atoms with Gasteiger partial charge in [0.1, 0.15) is 22.8 Å². The zero-order valence-electron chi connectivity index (χ0n) is 28.0. The number of para-hydroxylation sites is 1. The van der Waals surface area contributed by atoms with Crippen LogP contribution in [0.25, 0.3) is 16.9 Å². The molecular weight excluding hydrogens is 604 g/mol. The van der Waals surface area contributed by atoms with Crippen LogP contribution in [0.1, 0.15) is 76.0 Å². The van der Waals surface area contributed by atoms with Crippen molar-refractivity contribution in [1.82, 2.24) is 29.7 Å².